The quantitative estimate of drug-likeness (QED) is 0.732. The lowest BCUT2D eigenvalue weighted by atomic mass is 9.82. The number of ether oxygens (including phenoxy) is 1. The van der Waals surface area contributed by atoms with Crippen LogP contribution < -0.4 is 0 Å². The number of nitrogens with zero attached hydrogens (tertiary/aromatic N) is 1. The monoisotopic (exact) mass is 293 g/mol. The molecule has 1 amide bonds. The molecule has 1 saturated carbocycles. The van der Waals surface area contributed by atoms with Gasteiger partial charge in [0, 0.05) is 13.1 Å². The molecule has 2 fully saturated rings. The Kier molecular flexibility index (Phi) is 3.71. The topological polar surface area (TPSA) is 29.5 Å². The van der Waals surface area contributed by atoms with E-state index in [9.17, 15) is 18.0 Å². The molecule has 1 aliphatic carbocycles. The molecule has 3 nitrogen and oxygen atoms in total. The van der Waals surface area contributed by atoms with Crippen molar-refractivity contribution in [3.8, 4) is 0 Å². The Hall–Kier alpha value is -0.940. The SMILES string of the molecule is CC(C)(C)OC(=O)N1CCCC(C2(C(F)(F)F)CC2)C1. The number of rotatable bonds is 1. The summed E-state index contributed by atoms with van der Waals surface area (Å²) in [6.45, 7) is 5.91. The predicted molar refractivity (Wildman–Crippen MR) is 68.3 cm³/mol. The largest absolute Gasteiger partial charge is 0.444 e. The van der Waals surface area contributed by atoms with Crippen molar-refractivity contribution in [2.75, 3.05) is 13.1 Å². The Morgan fingerprint density at radius 3 is 2.30 bits per heavy atom. The molecule has 2 rings (SSSR count). The zero-order chi connectivity index (χ0) is 15.2. The van der Waals surface area contributed by atoms with E-state index < -0.39 is 29.2 Å². The summed E-state index contributed by atoms with van der Waals surface area (Å²) in [7, 11) is 0. The first kappa shape index (κ1) is 15.4. The normalized spacial score (nSPS) is 26.3. The first-order valence-corrected chi connectivity index (χ1v) is 7.10. The molecule has 1 heterocycles. The second-order valence-electron chi connectivity index (χ2n) is 6.92. The minimum Gasteiger partial charge on any atom is -0.444 e. The van der Waals surface area contributed by atoms with Crippen LogP contribution >= 0.6 is 0 Å². The third kappa shape index (κ3) is 3.04. The molecule has 6 heteroatoms. The highest BCUT2D eigenvalue weighted by Gasteiger charge is 2.67. The Bertz CT molecular complexity index is 383. The smallest absolute Gasteiger partial charge is 0.410 e. The maximum absolute atomic E-state index is 13.1. The predicted octanol–water partition coefficient (Wildman–Crippen LogP) is 3.98. The van der Waals surface area contributed by atoms with Gasteiger partial charge in [-0.15, -0.1) is 0 Å². The number of carbonyl (C=O) groups is 1. The third-order valence-electron chi connectivity index (χ3n) is 4.21. The molecular formula is C14H22F3NO2. The Morgan fingerprint density at radius 2 is 1.85 bits per heavy atom. The van der Waals surface area contributed by atoms with Crippen molar-refractivity contribution in [1.29, 1.82) is 0 Å². The lowest BCUT2D eigenvalue weighted by molar-refractivity contribution is -0.207. The van der Waals surface area contributed by atoms with Crippen LogP contribution in [0.2, 0.25) is 0 Å². The van der Waals surface area contributed by atoms with Gasteiger partial charge < -0.3 is 9.64 Å². The third-order valence-corrected chi connectivity index (χ3v) is 4.21. The van der Waals surface area contributed by atoms with Gasteiger partial charge in [0.05, 0.1) is 5.41 Å². The summed E-state index contributed by atoms with van der Waals surface area (Å²) in [6, 6.07) is 0. The molecule has 0 aromatic rings. The first-order valence-electron chi connectivity index (χ1n) is 7.10. The summed E-state index contributed by atoms with van der Waals surface area (Å²) >= 11 is 0. The van der Waals surface area contributed by atoms with Crippen molar-refractivity contribution in [3.05, 3.63) is 0 Å². The molecule has 0 bridgehead atoms. The van der Waals surface area contributed by atoms with Crippen molar-refractivity contribution < 1.29 is 22.7 Å². The molecule has 0 N–H and O–H groups in total. The second-order valence-corrected chi connectivity index (χ2v) is 6.92. The van der Waals surface area contributed by atoms with Crippen LogP contribution in [-0.2, 0) is 4.74 Å². The Morgan fingerprint density at radius 1 is 1.25 bits per heavy atom. The van der Waals surface area contributed by atoms with Crippen molar-refractivity contribution in [1.82, 2.24) is 4.90 Å². The van der Waals surface area contributed by atoms with E-state index in [-0.39, 0.29) is 19.4 Å². The molecule has 0 aromatic heterocycles. The van der Waals surface area contributed by atoms with Crippen molar-refractivity contribution >= 4 is 6.09 Å². The zero-order valence-electron chi connectivity index (χ0n) is 12.2. The number of carbonyl (C=O) groups excluding carboxylic acids is 1. The fourth-order valence-corrected chi connectivity index (χ4v) is 2.98. The van der Waals surface area contributed by atoms with Gasteiger partial charge in [-0.2, -0.15) is 13.2 Å². The maximum Gasteiger partial charge on any atom is 0.410 e. The van der Waals surface area contributed by atoms with Gasteiger partial charge in [0.15, 0.2) is 0 Å². The molecule has 0 aromatic carbocycles. The van der Waals surface area contributed by atoms with Crippen LogP contribution in [0, 0.1) is 11.3 Å². The van der Waals surface area contributed by atoms with Gasteiger partial charge in [-0.3, -0.25) is 0 Å². The maximum atomic E-state index is 13.1. The number of likely N-dealkylation sites (tertiary alicyclic amines) is 1. The van der Waals surface area contributed by atoms with Gasteiger partial charge in [-0.25, -0.2) is 4.79 Å². The second kappa shape index (κ2) is 4.81. The molecule has 1 saturated heterocycles. The number of halogens is 3. The van der Waals surface area contributed by atoms with Gasteiger partial charge in [-0.1, -0.05) is 0 Å². The minimum absolute atomic E-state index is 0.161. The van der Waals surface area contributed by atoms with E-state index in [1.807, 2.05) is 0 Å². The van der Waals surface area contributed by atoms with Crippen LogP contribution in [0.1, 0.15) is 46.5 Å². The first-order chi connectivity index (χ1) is 9.05. The van der Waals surface area contributed by atoms with E-state index in [1.54, 1.807) is 20.8 Å². The lowest BCUT2D eigenvalue weighted by Crippen LogP contribution is -2.47. The number of amides is 1. The van der Waals surface area contributed by atoms with Crippen molar-refractivity contribution in [2.24, 2.45) is 11.3 Å². The highest BCUT2D eigenvalue weighted by atomic mass is 19.4. The average molecular weight is 293 g/mol. The van der Waals surface area contributed by atoms with Gasteiger partial charge >= 0.3 is 12.3 Å². The van der Waals surface area contributed by atoms with Crippen LogP contribution in [-0.4, -0.2) is 35.9 Å². The molecule has 1 atom stereocenters. The van der Waals surface area contributed by atoms with Crippen molar-refractivity contribution in [2.45, 2.75) is 58.2 Å². The molecule has 116 valence electrons. The summed E-state index contributed by atoms with van der Waals surface area (Å²) in [5.41, 5.74) is -2.17. The van der Waals surface area contributed by atoms with Crippen LogP contribution in [0.5, 0.6) is 0 Å². The molecule has 1 unspecified atom stereocenters. The Labute approximate surface area is 117 Å². The summed E-state index contributed by atoms with van der Waals surface area (Å²) in [6.07, 6.45) is -3.11. The van der Waals surface area contributed by atoms with Crippen molar-refractivity contribution in [3.63, 3.8) is 0 Å². The number of hydrogen-bond donors (Lipinski definition) is 0. The van der Waals surface area contributed by atoms with E-state index in [0.29, 0.717) is 19.4 Å². The van der Waals surface area contributed by atoms with Crippen LogP contribution in [0.3, 0.4) is 0 Å². The summed E-state index contributed by atoms with van der Waals surface area (Å²) in [5, 5.41) is 0. The molecule has 0 radical (unpaired) electrons. The number of hydrogen-bond acceptors (Lipinski definition) is 2. The van der Waals surface area contributed by atoms with Gasteiger partial charge in [0.1, 0.15) is 5.60 Å². The van der Waals surface area contributed by atoms with Gasteiger partial charge in [0.2, 0.25) is 0 Å². The fourth-order valence-electron chi connectivity index (χ4n) is 2.98. The summed E-state index contributed by atoms with van der Waals surface area (Å²) in [5.74, 6) is -0.483. The van der Waals surface area contributed by atoms with Crippen LogP contribution in [0.25, 0.3) is 0 Å². The van der Waals surface area contributed by atoms with E-state index >= 15 is 0 Å². The lowest BCUT2D eigenvalue weighted by Gasteiger charge is -2.38. The highest BCUT2D eigenvalue weighted by molar-refractivity contribution is 5.68. The van der Waals surface area contributed by atoms with Crippen LogP contribution in [0.15, 0.2) is 0 Å². The van der Waals surface area contributed by atoms with Gasteiger partial charge in [0.25, 0.3) is 0 Å². The highest BCUT2D eigenvalue weighted by Crippen LogP contribution is 2.63. The fraction of sp³-hybridized carbons (Fsp3) is 0.929. The molecular weight excluding hydrogens is 271 g/mol. The average Bonchev–Trinajstić information content (AvgIpc) is 3.07. The molecule has 1 aliphatic heterocycles. The van der Waals surface area contributed by atoms with E-state index in [1.165, 1.54) is 4.90 Å². The molecule has 0 spiro atoms. The summed E-state index contributed by atoms with van der Waals surface area (Å²) < 4.78 is 44.7. The minimum atomic E-state index is -4.16. The molecule has 20 heavy (non-hydrogen) atoms. The number of piperidine rings is 1. The number of alkyl halides is 3. The Balaban J connectivity index is 2.01. The molecule has 2 aliphatic rings. The van der Waals surface area contributed by atoms with E-state index in [0.717, 1.165) is 0 Å². The van der Waals surface area contributed by atoms with Crippen LogP contribution in [0.4, 0.5) is 18.0 Å². The van der Waals surface area contributed by atoms with E-state index in [2.05, 4.69) is 0 Å². The van der Waals surface area contributed by atoms with Gasteiger partial charge in [-0.05, 0) is 52.4 Å². The summed E-state index contributed by atoms with van der Waals surface area (Å²) in [4.78, 5) is 13.4. The zero-order valence-corrected chi connectivity index (χ0v) is 12.2. The van der Waals surface area contributed by atoms with E-state index in [4.69, 9.17) is 4.74 Å². The standard InChI is InChI=1S/C14H22F3NO2/c1-12(2,3)20-11(19)18-8-4-5-10(9-18)13(6-7-13)14(15,16)17/h10H,4-9H2,1-3H3.